The molecule has 3 unspecified atom stereocenters. The summed E-state index contributed by atoms with van der Waals surface area (Å²) in [6.07, 6.45) is 5.64. The van der Waals surface area contributed by atoms with Crippen LogP contribution in [-0.2, 0) is 4.79 Å². The first kappa shape index (κ1) is 13.4. The third kappa shape index (κ3) is 2.19. The Morgan fingerprint density at radius 3 is 2.89 bits per heavy atom. The van der Waals surface area contributed by atoms with Gasteiger partial charge < -0.3 is 10.2 Å². The van der Waals surface area contributed by atoms with Crippen LogP contribution < -0.4 is 5.32 Å². The molecule has 1 N–H and O–H groups in total. The number of nitrogens with one attached hydrogen (secondary N) is 1. The van der Waals surface area contributed by atoms with E-state index in [2.05, 4.69) is 29.0 Å². The van der Waals surface area contributed by atoms with Crippen molar-refractivity contribution in [1.82, 2.24) is 15.1 Å². The molecule has 4 nitrogen and oxygen atoms in total. The summed E-state index contributed by atoms with van der Waals surface area (Å²) in [4.78, 5) is 17.8. The molecular formula is C15H27N3O. The summed E-state index contributed by atoms with van der Waals surface area (Å²) in [6, 6.07) is 0.989. The van der Waals surface area contributed by atoms with Gasteiger partial charge >= 0.3 is 0 Å². The Morgan fingerprint density at radius 1 is 1.37 bits per heavy atom. The summed E-state index contributed by atoms with van der Waals surface area (Å²) in [5, 5.41) is 3.49. The summed E-state index contributed by atoms with van der Waals surface area (Å²) in [6.45, 7) is 8.60. The molecule has 1 amide bonds. The Bertz CT molecular complexity index is 351. The Hall–Kier alpha value is -0.610. The van der Waals surface area contributed by atoms with Gasteiger partial charge in [0.15, 0.2) is 0 Å². The number of carbonyl (C=O) groups excluding carboxylic acids is 1. The van der Waals surface area contributed by atoms with Crippen molar-refractivity contribution in [1.29, 1.82) is 0 Å². The number of hydrogen-bond donors (Lipinski definition) is 1. The van der Waals surface area contributed by atoms with E-state index in [-0.39, 0.29) is 5.54 Å². The Labute approximate surface area is 116 Å². The van der Waals surface area contributed by atoms with E-state index in [9.17, 15) is 4.79 Å². The van der Waals surface area contributed by atoms with Crippen LogP contribution in [0.25, 0.3) is 0 Å². The van der Waals surface area contributed by atoms with Gasteiger partial charge in [0.25, 0.3) is 0 Å². The molecule has 0 radical (unpaired) electrons. The fourth-order valence-electron chi connectivity index (χ4n) is 4.19. The lowest BCUT2D eigenvalue weighted by Gasteiger charge is -2.45. The molecule has 0 aliphatic carbocycles. The van der Waals surface area contributed by atoms with Crippen LogP contribution in [0.3, 0.4) is 0 Å². The highest BCUT2D eigenvalue weighted by atomic mass is 16.2. The van der Waals surface area contributed by atoms with Gasteiger partial charge in [0.05, 0.1) is 5.54 Å². The zero-order valence-corrected chi connectivity index (χ0v) is 12.3. The van der Waals surface area contributed by atoms with E-state index in [4.69, 9.17) is 0 Å². The van der Waals surface area contributed by atoms with E-state index in [1.807, 2.05) is 0 Å². The van der Waals surface area contributed by atoms with E-state index in [1.165, 1.54) is 19.4 Å². The standard InChI is InChI=1S/C15H27N3O/c1-3-15(7-5-8-16-15)14(19)18-11-13-6-4-9-17(13)10-12(18)2/h12-13,16H,3-11H2,1-2H3. The number of fused-ring (bicyclic) bond motifs is 1. The van der Waals surface area contributed by atoms with Crippen molar-refractivity contribution in [2.75, 3.05) is 26.2 Å². The summed E-state index contributed by atoms with van der Waals surface area (Å²) in [7, 11) is 0. The molecule has 4 heteroatoms. The van der Waals surface area contributed by atoms with Crippen molar-refractivity contribution < 1.29 is 4.79 Å². The highest BCUT2D eigenvalue weighted by Gasteiger charge is 2.45. The monoisotopic (exact) mass is 265 g/mol. The zero-order chi connectivity index (χ0) is 13.5. The molecule has 19 heavy (non-hydrogen) atoms. The average molecular weight is 265 g/mol. The van der Waals surface area contributed by atoms with Gasteiger partial charge in [0, 0.05) is 25.2 Å². The van der Waals surface area contributed by atoms with Gasteiger partial charge in [-0.15, -0.1) is 0 Å². The van der Waals surface area contributed by atoms with Crippen LogP contribution >= 0.6 is 0 Å². The van der Waals surface area contributed by atoms with Gasteiger partial charge in [0.1, 0.15) is 0 Å². The lowest BCUT2D eigenvalue weighted by molar-refractivity contribution is -0.143. The molecule has 3 heterocycles. The molecule has 3 aliphatic rings. The molecule has 3 aliphatic heterocycles. The van der Waals surface area contributed by atoms with Gasteiger partial charge in [-0.3, -0.25) is 9.69 Å². The normalized spacial score (nSPS) is 39.6. The third-order valence-electron chi connectivity index (χ3n) is 5.45. The zero-order valence-electron chi connectivity index (χ0n) is 12.3. The summed E-state index contributed by atoms with van der Waals surface area (Å²) >= 11 is 0. The molecule has 3 rings (SSSR count). The van der Waals surface area contributed by atoms with Crippen LogP contribution in [0.15, 0.2) is 0 Å². The Balaban J connectivity index is 1.75. The van der Waals surface area contributed by atoms with E-state index >= 15 is 0 Å². The van der Waals surface area contributed by atoms with Crippen molar-refractivity contribution in [2.24, 2.45) is 0 Å². The molecule has 3 atom stereocenters. The van der Waals surface area contributed by atoms with Crippen molar-refractivity contribution in [3.63, 3.8) is 0 Å². The molecule has 0 spiro atoms. The van der Waals surface area contributed by atoms with E-state index in [1.54, 1.807) is 0 Å². The minimum atomic E-state index is -0.255. The summed E-state index contributed by atoms with van der Waals surface area (Å²) < 4.78 is 0. The topological polar surface area (TPSA) is 35.6 Å². The molecule has 3 saturated heterocycles. The molecular weight excluding hydrogens is 238 g/mol. The molecule has 0 aromatic rings. The summed E-state index contributed by atoms with van der Waals surface area (Å²) in [5.74, 6) is 0.367. The SMILES string of the molecule is CCC1(C(=O)N2CC3CCCN3CC2C)CCCN1. The highest BCUT2D eigenvalue weighted by molar-refractivity contribution is 5.87. The number of carbonyl (C=O) groups is 1. The average Bonchev–Trinajstić information content (AvgIpc) is 3.06. The van der Waals surface area contributed by atoms with Crippen LogP contribution in [0.5, 0.6) is 0 Å². The van der Waals surface area contributed by atoms with E-state index in [0.717, 1.165) is 38.9 Å². The van der Waals surface area contributed by atoms with E-state index in [0.29, 0.717) is 18.0 Å². The maximum atomic E-state index is 13.0. The smallest absolute Gasteiger partial charge is 0.243 e. The lowest BCUT2D eigenvalue weighted by atomic mass is 9.91. The lowest BCUT2D eigenvalue weighted by Crippen LogP contribution is -2.63. The van der Waals surface area contributed by atoms with Gasteiger partial charge in [-0.1, -0.05) is 6.92 Å². The number of hydrogen-bond acceptors (Lipinski definition) is 3. The number of nitrogens with zero attached hydrogens (tertiary/aromatic N) is 2. The van der Waals surface area contributed by atoms with Crippen LogP contribution in [0.1, 0.15) is 46.0 Å². The fraction of sp³-hybridized carbons (Fsp3) is 0.933. The van der Waals surface area contributed by atoms with Crippen molar-refractivity contribution in [3.05, 3.63) is 0 Å². The van der Waals surface area contributed by atoms with Crippen molar-refractivity contribution in [3.8, 4) is 0 Å². The third-order valence-corrected chi connectivity index (χ3v) is 5.45. The van der Waals surface area contributed by atoms with E-state index < -0.39 is 0 Å². The van der Waals surface area contributed by atoms with Crippen molar-refractivity contribution >= 4 is 5.91 Å². The highest BCUT2D eigenvalue weighted by Crippen LogP contribution is 2.30. The maximum Gasteiger partial charge on any atom is 0.243 e. The number of piperazine rings is 1. The fourth-order valence-corrected chi connectivity index (χ4v) is 4.19. The first-order valence-electron chi connectivity index (χ1n) is 7.96. The largest absolute Gasteiger partial charge is 0.336 e. The first-order valence-corrected chi connectivity index (χ1v) is 7.96. The molecule has 0 saturated carbocycles. The van der Waals surface area contributed by atoms with Crippen molar-refractivity contribution in [2.45, 2.75) is 63.6 Å². The van der Waals surface area contributed by atoms with Crippen LogP contribution in [0, 0.1) is 0 Å². The van der Waals surface area contributed by atoms with Gasteiger partial charge in [-0.2, -0.15) is 0 Å². The molecule has 3 fully saturated rings. The van der Waals surface area contributed by atoms with Gasteiger partial charge in [-0.05, 0) is 52.1 Å². The first-order chi connectivity index (χ1) is 9.16. The molecule has 0 aromatic carbocycles. The van der Waals surface area contributed by atoms with Gasteiger partial charge in [-0.25, -0.2) is 0 Å². The van der Waals surface area contributed by atoms with Crippen LogP contribution in [-0.4, -0.2) is 59.5 Å². The number of rotatable bonds is 2. The molecule has 0 aromatic heterocycles. The van der Waals surface area contributed by atoms with Crippen LogP contribution in [0.2, 0.25) is 0 Å². The minimum absolute atomic E-state index is 0.255. The van der Waals surface area contributed by atoms with Crippen LogP contribution in [0.4, 0.5) is 0 Å². The second kappa shape index (κ2) is 5.06. The van der Waals surface area contributed by atoms with Gasteiger partial charge in [0.2, 0.25) is 5.91 Å². The summed E-state index contributed by atoms with van der Waals surface area (Å²) in [5.41, 5.74) is -0.255. The molecule has 0 bridgehead atoms. The second-order valence-electron chi connectivity index (χ2n) is 6.56. The Kier molecular flexibility index (Phi) is 3.56. The molecule has 108 valence electrons. The quantitative estimate of drug-likeness (QED) is 0.815. The minimum Gasteiger partial charge on any atom is -0.336 e. The maximum absolute atomic E-state index is 13.0. The number of amides is 1. The Morgan fingerprint density at radius 2 is 2.21 bits per heavy atom. The second-order valence-corrected chi connectivity index (χ2v) is 6.56. The predicted octanol–water partition coefficient (Wildman–Crippen LogP) is 1.21. The predicted molar refractivity (Wildman–Crippen MR) is 76.0 cm³/mol.